The van der Waals surface area contributed by atoms with Crippen molar-refractivity contribution >= 4 is 33.0 Å². The highest BCUT2D eigenvalue weighted by Gasteiger charge is 2.16. The van der Waals surface area contributed by atoms with Gasteiger partial charge in [0.2, 0.25) is 0 Å². The van der Waals surface area contributed by atoms with E-state index in [1.807, 2.05) is 19.1 Å². The van der Waals surface area contributed by atoms with Gasteiger partial charge in [-0.15, -0.1) is 0 Å². The molecule has 1 aliphatic heterocycles. The van der Waals surface area contributed by atoms with Gasteiger partial charge >= 0.3 is 0 Å². The summed E-state index contributed by atoms with van der Waals surface area (Å²) in [6.45, 7) is 4.13. The van der Waals surface area contributed by atoms with Gasteiger partial charge in [-0.2, -0.15) is 0 Å². The van der Waals surface area contributed by atoms with Gasteiger partial charge < -0.3 is 10.2 Å². The minimum Gasteiger partial charge on any atom is -0.372 e. The number of sulfonamides is 1. The zero-order valence-corrected chi connectivity index (χ0v) is 18.2. The molecule has 1 aliphatic rings. The largest absolute Gasteiger partial charge is 0.372 e. The molecule has 1 amide bonds. The molecule has 160 valence electrons. The number of rotatable bonds is 6. The highest BCUT2D eigenvalue weighted by molar-refractivity contribution is 7.92. The zero-order chi connectivity index (χ0) is 21.8. The molecule has 1 fully saturated rings. The Hall–Kier alpha value is -3.32. The average Bonchev–Trinajstić information content (AvgIpc) is 3.31. The Bertz CT molecular complexity index is 1170. The number of amides is 1. The third-order valence-electron chi connectivity index (χ3n) is 5.38. The smallest absolute Gasteiger partial charge is 0.261 e. The molecule has 1 saturated heterocycles. The predicted octanol–water partition coefficient (Wildman–Crippen LogP) is 4.65. The number of nitrogens with one attached hydrogen (secondary N) is 2. The standard InChI is InChI=1S/C24H25N3O3S/c1-18-17-21(27-15-5-6-16-27)13-14-23(18)25-24(28)19-9-11-20(12-10-19)26-31(29,30)22-7-3-2-4-8-22/h2-4,7-14,17,26H,5-6,15-16H2,1H3,(H,25,28). The number of nitrogens with zero attached hydrogens (tertiary/aromatic N) is 1. The van der Waals surface area contributed by atoms with E-state index in [0.717, 1.165) is 24.3 Å². The molecular weight excluding hydrogens is 410 g/mol. The summed E-state index contributed by atoms with van der Waals surface area (Å²) < 4.78 is 27.4. The third-order valence-corrected chi connectivity index (χ3v) is 6.78. The van der Waals surface area contributed by atoms with Crippen molar-refractivity contribution in [2.24, 2.45) is 0 Å². The Morgan fingerprint density at radius 3 is 2.23 bits per heavy atom. The van der Waals surface area contributed by atoms with Gasteiger partial charge in [-0.05, 0) is 79.9 Å². The number of carbonyl (C=O) groups is 1. The Balaban J connectivity index is 1.43. The summed E-state index contributed by atoms with van der Waals surface area (Å²) in [6.07, 6.45) is 2.43. The van der Waals surface area contributed by atoms with Crippen LogP contribution < -0.4 is 14.9 Å². The molecule has 0 atom stereocenters. The first-order valence-electron chi connectivity index (χ1n) is 10.3. The van der Waals surface area contributed by atoms with E-state index in [9.17, 15) is 13.2 Å². The van der Waals surface area contributed by atoms with Gasteiger partial charge in [0.25, 0.3) is 15.9 Å². The van der Waals surface area contributed by atoms with Crippen LogP contribution in [-0.2, 0) is 10.0 Å². The van der Waals surface area contributed by atoms with Crippen molar-refractivity contribution in [3.63, 3.8) is 0 Å². The minimum absolute atomic E-state index is 0.185. The summed E-state index contributed by atoms with van der Waals surface area (Å²) in [5.41, 5.74) is 3.80. The number of anilines is 3. The Morgan fingerprint density at radius 2 is 1.58 bits per heavy atom. The molecule has 0 aliphatic carbocycles. The van der Waals surface area contributed by atoms with Crippen molar-refractivity contribution in [3.05, 3.63) is 83.9 Å². The summed E-state index contributed by atoms with van der Waals surface area (Å²) in [7, 11) is -3.67. The molecular formula is C24H25N3O3S. The van der Waals surface area contributed by atoms with E-state index in [1.54, 1.807) is 42.5 Å². The normalized spacial score (nSPS) is 13.8. The summed E-state index contributed by atoms with van der Waals surface area (Å²) in [5.74, 6) is -0.241. The van der Waals surface area contributed by atoms with Gasteiger partial charge in [-0.25, -0.2) is 8.42 Å². The van der Waals surface area contributed by atoms with Gasteiger partial charge in [0, 0.05) is 35.7 Å². The van der Waals surface area contributed by atoms with Crippen molar-refractivity contribution in [2.75, 3.05) is 28.0 Å². The molecule has 0 bridgehead atoms. The summed E-state index contributed by atoms with van der Waals surface area (Å²) in [6, 6.07) is 20.6. The molecule has 0 aromatic heterocycles. The van der Waals surface area contributed by atoms with Crippen LogP contribution in [0, 0.1) is 6.92 Å². The quantitative estimate of drug-likeness (QED) is 0.591. The van der Waals surface area contributed by atoms with Crippen LogP contribution in [0.25, 0.3) is 0 Å². The van der Waals surface area contributed by atoms with Crippen LogP contribution in [0.15, 0.2) is 77.7 Å². The highest BCUT2D eigenvalue weighted by Crippen LogP contribution is 2.26. The Kier molecular flexibility index (Phi) is 5.95. The predicted molar refractivity (Wildman–Crippen MR) is 124 cm³/mol. The summed E-state index contributed by atoms with van der Waals surface area (Å²) >= 11 is 0. The topological polar surface area (TPSA) is 78.5 Å². The average molecular weight is 436 g/mol. The first kappa shape index (κ1) is 20.9. The van der Waals surface area contributed by atoms with Crippen LogP contribution in [0.4, 0.5) is 17.1 Å². The first-order valence-corrected chi connectivity index (χ1v) is 11.8. The van der Waals surface area contributed by atoms with E-state index in [2.05, 4.69) is 21.0 Å². The van der Waals surface area contributed by atoms with Crippen LogP contribution >= 0.6 is 0 Å². The molecule has 0 unspecified atom stereocenters. The molecule has 2 N–H and O–H groups in total. The lowest BCUT2D eigenvalue weighted by atomic mass is 10.1. The fourth-order valence-electron chi connectivity index (χ4n) is 3.66. The van der Waals surface area contributed by atoms with Crippen LogP contribution in [-0.4, -0.2) is 27.4 Å². The van der Waals surface area contributed by atoms with Gasteiger partial charge in [0.05, 0.1) is 4.90 Å². The van der Waals surface area contributed by atoms with E-state index in [0.29, 0.717) is 11.3 Å². The molecule has 0 spiro atoms. The Morgan fingerprint density at radius 1 is 0.903 bits per heavy atom. The number of carbonyl (C=O) groups excluding carboxylic acids is 1. The van der Waals surface area contributed by atoms with Crippen molar-refractivity contribution in [1.29, 1.82) is 0 Å². The number of hydrogen-bond donors (Lipinski definition) is 2. The van der Waals surface area contributed by atoms with E-state index in [1.165, 1.54) is 30.7 Å². The molecule has 3 aromatic rings. The molecule has 3 aromatic carbocycles. The molecule has 1 heterocycles. The minimum atomic E-state index is -3.67. The van der Waals surface area contributed by atoms with Crippen LogP contribution in [0.2, 0.25) is 0 Å². The molecule has 6 nitrogen and oxygen atoms in total. The summed E-state index contributed by atoms with van der Waals surface area (Å²) in [5, 5.41) is 2.94. The van der Waals surface area contributed by atoms with Crippen molar-refractivity contribution in [1.82, 2.24) is 0 Å². The molecule has 7 heteroatoms. The second-order valence-corrected chi connectivity index (χ2v) is 9.33. The van der Waals surface area contributed by atoms with Gasteiger partial charge in [0.15, 0.2) is 0 Å². The first-order chi connectivity index (χ1) is 14.9. The molecule has 31 heavy (non-hydrogen) atoms. The number of aryl methyl sites for hydroxylation is 1. The van der Waals surface area contributed by atoms with Gasteiger partial charge in [-0.3, -0.25) is 9.52 Å². The fraction of sp³-hybridized carbons (Fsp3) is 0.208. The van der Waals surface area contributed by atoms with Crippen LogP contribution in [0.5, 0.6) is 0 Å². The maximum Gasteiger partial charge on any atom is 0.261 e. The van der Waals surface area contributed by atoms with E-state index in [-0.39, 0.29) is 10.8 Å². The van der Waals surface area contributed by atoms with Crippen molar-refractivity contribution < 1.29 is 13.2 Å². The molecule has 0 radical (unpaired) electrons. The Labute approximate surface area is 183 Å². The van der Waals surface area contributed by atoms with Crippen LogP contribution in [0.3, 0.4) is 0 Å². The van der Waals surface area contributed by atoms with Crippen molar-refractivity contribution in [2.45, 2.75) is 24.7 Å². The van der Waals surface area contributed by atoms with Crippen LogP contribution in [0.1, 0.15) is 28.8 Å². The lowest BCUT2D eigenvalue weighted by Gasteiger charge is -2.19. The number of benzene rings is 3. The van der Waals surface area contributed by atoms with Crippen molar-refractivity contribution in [3.8, 4) is 0 Å². The SMILES string of the molecule is Cc1cc(N2CCCC2)ccc1NC(=O)c1ccc(NS(=O)(=O)c2ccccc2)cc1. The zero-order valence-electron chi connectivity index (χ0n) is 17.3. The number of hydrogen-bond acceptors (Lipinski definition) is 4. The molecule has 4 rings (SSSR count). The van der Waals surface area contributed by atoms with Gasteiger partial charge in [0.1, 0.15) is 0 Å². The third kappa shape index (κ3) is 4.88. The lowest BCUT2D eigenvalue weighted by Crippen LogP contribution is -2.18. The highest BCUT2D eigenvalue weighted by atomic mass is 32.2. The van der Waals surface area contributed by atoms with E-state index >= 15 is 0 Å². The van der Waals surface area contributed by atoms with Gasteiger partial charge in [-0.1, -0.05) is 18.2 Å². The maximum absolute atomic E-state index is 12.7. The van der Waals surface area contributed by atoms with E-state index in [4.69, 9.17) is 0 Å². The second kappa shape index (κ2) is 8.81. The summed E-state index contributed by atoms with van der Waals surface area (Å²) in [4.78, 5) is 15.2. The monoisotopic (exact) mass is 435 g/mol. The molecule has 0 saturated carbocycles. The maximum atomic E-state index is 12.7. The fourth-order valence-corrected chi connectivity index (χ4v) is 4.74. The second-order valence-electron chi connectivity index (χ2n) is 7.64. The lowest BCUT2D eigenvalue weighted by molar-refractivity contribution is 0.102. The van der Waals surface area contributed by atoms with E-state index < -0.39 is 10.0 Å².